The summed E-state index contributed by atoms with van der Waals surface area (Å²) < 4.78 is 0. The van der Waals surface area contributed by atoms with Crippen molar-refractivity contribution in [3.8, 4) is 0 Å². The number of anilines is 1. The van der Waals surface area contributed by atoms with E-state index in [1.54, 1.807) is 0 Å². The molecule has 1 aromatic rings. The standard InChI is InChI=1S/C16H28N4/c1-4-15(17-5-2)16-8-7-14(13-18-16)20-11-9-19(6-3)10-12-20/h7-8,13,15,17H,4-6,9-12H2,1-3H3. The maximum atomic E-state index is 4.67. The third kappa shape index (κ3) is 3.70. The van der Waals surface area contributed by atoms with Gasteiger partial charge in [-0.2, -0.15) is 0 Å². The van der Waals surface area contributed by atoms with E-state index >= 15 is 0 Å². The Morgan fingerprint density at radius 3 is 2.40 bits per heavy atom. The fourth-order valence-corrected chi connectivity index (χ4v) is 2.82. The summed E-state index contributed by atoms with van der Waals surface area (Å²) in [6.07, 6.45) is 3.12. The number of hydrogen-bond acceptors (Lipinski definition) is 4. The maximum Gasteiger partial charge on any atom is 0.0574 e. The van der Waals surface area contributed by atoms with E-state index in [9.17, 15) is 0 Å². The fourth-order valence-electron chi connectivity index (χ4n) is 2.82. The fraction of sp³-hybridized carbons (Fsp3) is 0.688. The Labute approximate surface area is 123 Å². The predicted molar refractivity (Wildman–Crippen MR) is 85.3 cm³/mol. The molecule has 112 valence electrons. The van der Waals surface area contributed by atoms with Crippen molar-refractivity contribution in [2.75, 3.05) is 44.2 Å². The third-order valence-electron chi connectivity index (χ3n) is 4.17. The van der Waals surface area contributed by atoms with Gasteiger partial charge in [-0.05, 0) is 31.6 Å². The molecule has 4 heteroatoms. The van der Waals surface area contributed by atoms with Crippen LogP contribution in [0.1, 0.15) is 38.9 Å². The van der Waals surface area contributed by atoms with Crippen LogP contribution >= 0.6 is 0 Å². The molecular weight excluding hydrogens is 248 g/mol. The number of hydrogen-bond donors (Lipinski definition) is 1. The lowest BCUT2D eigenvalue weighted by Crippen LogP contribution is -2.46. The van der Waals surface area contributed by atoms with Crippen molar-refractivity contribution in [2.45, 2.75) is 33.2 Å². The normalized spacial score (nSPS) is 18.2. The molecule has 0 saturated carbocycles. The van der Waals surface area contributed by atoms with Gasteiger partial charge in [0.2, 0.25) is 0 Å². The maximum absolute atomic E-state index is 4.67. The molecule has 4 nitrogen and oxygen atoms in total. The van der Waals surface area contributed by atoms with Crippen LogP contribution in [0.3, 0.4) is 0 Å². The average molecular weight is 276 g/mol. The number of aromatic nitrogens is 1. The molecule has 0 radical (unpaired) electrons. The summed E-state index contributed by atoms with van der Waals surface area (Å²) in [5, 5.41) is 3.48. The molecule has 1 unspecified atom stereocenters. The quantitative estimate of drug-likeness (QED) is 0.864. The highest BCUT2D eigenvalue weighted by molar-refractivity contribution is 5.45. The zero-order valence-electron chi connectivity index (χ0n) is 13.1. The van der Waals surface area contributed by atoms with Crippen LogP contribution < -0.4 is 10.2 Å². The Morgan fingerprint density at radius 2 is 1.90 bits per heavy atom. The number of pyridine rings is 1. The summed E-state index contributed by atoms with van der Waals surface area (Å²) >= 11 is 0. The molecule has 1 aliphatic rings. The molecule has 0 bridgehead atoms. The molecule has 1 aromatic heterocycles. The lowest BCUT2D eigenvalue weighted by molar-refractivity contribution is 0.271. The zero-order valence-corrected chi connectivity index (χ0v) is 13.1. The van der Waals surface area contributed by atoms with E-state index in [0.29, 0.717) is 6.04 Å². The number of rotatable bonds is 6. The molecule has 1 atom stereocenters. The first-order valence-corrected chi connectivity index (χ1v) is 7.95. The van der Waals surface area contributed by atoms with Gasteiger partial charge in [0.25, 0.3) is 0 Å². The van der Waals surface area contributed by atoms with Crippen LogP contribution in [0.5, 0.6) is 0 Å². The second kappa shape index (κ2) is 7.60. The van der Waals surface area contributed by atoms with Crippen molar-refractivity contribution in [3.05, 3.63) is 24.0 Å². The summed E-state index contributed by atoms with van der Waals surface area (Å²) in [4.78, 5) is 9.60. The van der Waals surface area contributed by atoms with Gasteiger partial charge in [0.15, 0.2) is 0 Å². The van der Waals surface area contributed by atoms with Crippen LogP contribution in [0.15, 0.2) is 18.3 Å². The van der Waals surface area contributed by atoms with E-state index in [4.69, 9.17) is 0 Å². The molecule has 2 rings (SSSR count). The highest BCUT2D eigenvalue weighted by atomic mass is 15.3. The Balaban J connectivity index is 1.97. The van der Waals surface area contributed by atoms with Gasteiger partial charge in [-0.15, -0.1) is 0 Å². The SMILES string of the molecule is CCNC(CC)c1ccc(N2CCN(CC)CC2)cn1. The molecule has 20 heavy (non-hydrogen) atoms. The van der Waals surface area contributed by atoms with Crippen LogP contribution in [0, 0.1) is 0 Å². The highest BCUT2D eigenvalue weighted by Crippen LogP contribution is 2.19. The van der Waals surface area contributed by atoms with Crippen molar-refractivity contribution in [1.82, 2.24) is 15.2 Å². The lowest BCUT2D eigenvalue weighted by Gasteiger charge is -2.35. The van der Waals surface area contributed by atoms with Crippen molar-refractivity contribution < 1.29 is 0 Å². The van der Waals surface area contributed by atoms with Crippen molar-refractivity contribution in [3.63, 3.8) is 0 Å². The summed E-state index contributed by atoms with van der Waals surface area (Å²) in [5.41, 5.74) is 2.42. The molecule has 2 heterocycles. The Bertz CT molecular complexity index is 382. The second-order valence-electron chi connectivity index (χ2n) is 5.38. The Morgan fingerprint density at radius 1 is 1.15 bits per heavy atom. The van der Waals surface area contributed by atoms with E-state index in [-0.39, 0.29) is 0 Å². The number of piperazine rings is 1. The molecule has 0 aromatic carbocycles. The Hall–Kier alpha value is -1.13. The first-order chi connectivity index (χ1) is 9.78. The van der Waals surface area contributed by atoms with Crippen LogP contribution in [0.25, 0.3) is 0 Å². The van der Waals surface area contributed by atoms with E-state index in [2.05, 4.69) is 53.0 Å². The van der Waals surface area contributed by atoms with Crippen molar-refractivity contribution in [1.29, 1.82) is 0 Å². The topological polar surface area (TPSA) is 31.4 Å². The average Bonchev–Trinajstić information content (AvgIpc) is 2.53. The summed E-state index contributed by atoms with van der Waals surface area (Å²) in [5.74, 6) is 0. The van der Waals surface area contributed by atoms with Gasteiger partial charge in [-0.25, -0.2) is 0 Å². The molecule has 0 spiro atoms. The minimum Gasteiger partial charge on any atom is -0.368 e. The molecule has 1 saturated heterocycles. The van der Waals surface area contributed by atoms with Crippen LogP contribution in [0.4, 0.5) is 5.69 Å². The number of nitrogens with zero attached hydrogens (tertiary/aromatic N) is 3. The molecule has 0 aliphatic carbocycles. The first kappa shape index (κ1) is 15.3. The van der Waals surface area contributed by atoms with Gasteiger partial charge in [0, 0.05) is 32.2 Å². The monoisotopic (exact) mass is 276 g/mol. The summed E-state index contributed by atoms with van der Waals surface area (Å²) in [6, 6.07) is 4.79. The van der Waals surface area contributed by atoms with Gasteiger partial charge in [0.05, 0.1) is 17.6 Å². The van der Waals surface area contributed by atoms with Crippen LogP contribution in [-0.2, 0) is 0 Å². The van der Waals surface area contributed by atoms with Gasteiger partial charge in [-0.3, -0.25) is 4.98 Å². The second-order valence-corrected chi connectivity index (χ2v) is 5.38. The van der Waals surface area contributed by atoms with E-state index < -0.39 is 0 Å². The highest BCUT2D eigenvalue weighted by Gasteiger charge is 2.16. The lowest BCUT2D eigenvalue weighted by atomic mass is 10.1. The molecule has 0 amide bonds. The third-order valence-corrected chi connectivity index (χ3v) is 4.17. The minimum absolute atomic E-state index is 0.381. The van der Waals surface area contributed by atoms with Gasteiger partial charge in [0.1, 0.15) is 0 Å². The van der Waals surface area contributed by atoms with Gasteiger partial charge in [-0.1, -0.05) is 20.8 Å². The van der Waals surface area contributed by atoms with Crippen molar-refractivity contribution in [2.24, 2.45) is 0 Å². The van der Waals surface area contributed by atoms with E-state index in [1.165, 1.54) is 5.69 Å². The predicted octanol–water partition coefficient (Wildman–Crippen LogP) is 2.28. The number of likely N-dealkylation sites (N-methyl/N-ethyl adjacent to an activating group) is 1. The van der Waals surface area contributed by atoms with E-state index in [1.807, 2.05) is 6.20 Å². The minimum atomic E-state index is 0.381. The van der Waals surface area contributed by atoms with Crippen LogP contribution in [0.2, 0.25) is 0 Å². The molecular formula is C16H28N4. The van der Waals surface area contributed by atoms with Gasteiger partial charge >= 0.3 is 0 Å². The summed E-state index contributed by atoms with van der Waals surface area (Å²) in [6.45, 7) is 13.3. The molecule has 1 fully saturated rings. The number of nitrogens with one attached hydrogen (secondary N) is 1. The molecule has 1 aliphatic heterocycles. The largest absolute Gasteiger partial charge is 0.368 e. The smallest absolute Gasteiger partial charge is 0.0574 e. The zero-order chi connectivity index (χ0) is 14.4. The van der Waals surface area contributed by atoms with Gasteiger partial charge < -0.3 is 15.1 Å². The Kier molecular flexibility index (Phi) is 5.80. The van der Waals surface area contributed by atoms with Crippen molar-refractivity contribution >= 4 is 5.69 Å². The molecule has 1 N–H and O–H groups in total. The van der Waals surface area contributed by atoms with E-state index in [0.717, 1.165) is 51.4 Å². The van der Waals surface area contributed by atoms with Crippen LogP contribution in [-0.4, -0.2) is 49.2 Å². The summed E-state index contributed by atoms with van der Waals surface area (Å²) in [7, 11) is 0. The first-order valence-electron chi connectivity index (χ1n) is 7.95.